The molecular weight excluding hydrogens is 394 g/mol. The van der Waals surface area contributed by atoms with Crippen LogP contribution in [0.4, 0.5) is 0 Å². The Labute approximate surface area is 175 Å². The summed E-state index contributed by atoms with van der Waals surface area (Å²) in [6.07, 6.45) is 2.65. The second kappa shape index (κ2) is 11.4. The van der Waals surface area contributed by atoms with E-state index in [0.717, 1.165) is 19.3 Å². The zero-order chi connectivity index (χ0) is 21.2. The lowest BCUT2D eigenvalue weighted by Gasteiger charge is -2.36. The molecule has 0 spiro atoms. The van der Waals surface area contributed by atoms with Crippen LogP contribution in [-0.2, 0) is 14.3 Å². The third kappa shape index (κ3) is 6.42. The molecule has 1 saturated heterocycles. The maximum Gasteiger partial charge on any atom is 0.308 e. The molecule has 1 aromatic rings. The van der Waals surface area contributed by atoms with Crippen LogP contribution in [0, 0.1) is 0 Å². The lowest BCUT2D eigenvalue weighted by Crippen LogP contribution is -2.60. The van der Waals surface area contributed by atoms with Gasteiger partial charge in [-0.1, -0.05) is 31.9 Å². The Hall–Kier alpha value is -2.68. The summed E-state index contributed by atoms with van der Waals surface area (Å²) in [6, 6.07) is 5.93. The number of carbonyl (C=O) groups excluding carboxylic acids is 3. The van der Waals surface area contributed by atoms with Gasteiger partial charge < -0.3 is 19.7 Å². The van der Waals surface area contributed by atoms with Crippen LogP contribution < -0.4 is 15.4 Å². The largest absolute Gasteiger partial charge is 0.496 e. The van der Waals surface area contributed by atoms with Gasteiger partial charge in [0.05, 0.1) is 25.7 Å². The van der Waals surface area contributed by atoms with Crippen molar-refractivity contribution in [2.24, 2.45) is 0 Å². The van der Waals surface area contributed by atoms with Crippen LogP contribution in [0.3, 0.4) is 0 Å². The van der Waals surface area contributed by atoms with Gasteiger partial charge in [0, 0.05) is 13.1 Å². The molecule has 2 amide bonds. The summed E-state index contributed by atoms with van der Waals surface area (Å²) >= 11 is 5.36. The number of hydrogen-bond donors (Lipinski definition) is 2. The Bertz CT molecular complexity index is 755. The molecule has 1 aromatic carbocycles. The smallest absolute Gasteiger partial charge is 0.308 e. The second-order valence-corrected chi connectivity index (χ2v) is 6.98. The summed E-state index contributed by atoms with van der Waals surface area (Å²) in [5.41, 5.74) is 0.325. The van der Waals surface area contributed by atoms with Gasteiger partial charge in [-0.15, -0.1) is 0 Å². The van der Waals surface area contributed by atoms with Gasteiger partial charge in [0.15, 0.2) is 5.11 Å². The van der Waals surface area contributed by atoms with E-state index in [4.69, 9.17) is 21.7 Å². The molecule has 0 bridgehead atoms. The SMILES string of the molecule is CCCCCOC(=O)CC1C(=O)NCCN1C(=S)NC(=O)c1ccccc1OC. The molecule has 2 rings (SSSR count). The van der Waals surface area contributed by atoms with E-state index in [0.29, 0.717) is 31.0 Å². The zero-order valence-electron chi connectivity index (χ0n) is 16.7. The molecule has 1 heterocycles. The Morgan fingerprint density at radius 2 is 2.07 bits per heavy atom. The van der Waals surface area contributed by atoms with Crippen molar-refractivity contribution in [1.82, 2.24) is 15.5 Å². The van der Waals surface area contributed by atoms with Crippen molar-refractivity contribution in [2.45, 2.75) is 38.6 Å². The molecule has 1 unspecified atom stereocenters. The Kier molecular flexibility index (Phi) is 8.85. The van der Waals surface area contributed by atoms with Gasteiger partial charge in [0.1, 0.15) is 11.8 Å². The molecule has 1 fully saturated rings. The summed E-state index contributed by atoms with van der Waals surface area (Å²) in [5, 5.41) is 5.43. The molecule has 0 aliphatic carbocycles. The van der Waals surface area contributed by atoms with Crippen LogP contribution in [0.25, 0.3) is 0 Å². The zero-order valence-corrected chi connectivity index (χ0v) is 17.5. The number of unbranched alkanes of at least 4 members (excludes halogenated alkanes) is 2. The van der Waals surface area contributed by atoms with E-state index >= 15 is 0 Å². The number of nitrogens with zero attached hydrogens (tertiary/aromatic N) is 1. The maximum absolute atomic E-state index is 12.6. The van der Waals surface area contributed by atoms with Crippen LogP contribution in [0.2, 0.25) is 0 Å². The van der Waals surface area contributed by atoms with E-state index in [1.54, 1.807) is 29.2 Å². The number of benzene rings is 1. The highest BCUT2D eigenvalue weighted by molar-refractivity contribution is 7.80. The summed E-state index contributed by atoms with van der Waals surface area (Å²) < 4.78 is 10.4. The third-order valence-electron chi connectivity index (χ3n) is 4.53. The number of rotatable bonds is 8. The molecule has 0 aromatic heterocycles. The van der Waals surface area contributed by atoms with Gasteiger partial charge in [-0.25, -0.2) is 0 Å². The van der Waals surface area contributed by atoms with Crippen molar-refractivity contribution in [1.29, 1.82) is 0 Å². The first kappa shape index (κ1) is 22.6. The van der Waals surface area contributed by atoms with E-state index in [-0.39, 0.29) is 17.4 Å². The number of ether oxygens (including phenoxy) is 2. The molecule has 9 heteroatoms. The number of methoxy groups -OCH3 is 1. The minimum Gasteiger partial charge on any atom is -0.496 e. The van der Waals surface area contributed by atoms with Gasteiger partial charge in [0.25, 0.3) is 5.91 Å². The molecule has 0 saturated carbocycles. The number of thiocarbonyl (C=S) groups is 1. The average molecular weight is 422 g/mol. The molecule has 1 aliphatic rings. The number of amides is 2. The first-order valence-corrected chi connectivity index (χ1v) is 10.1. The fourth-order valence-corrected chi connectivity index (χ4v) is 3.30. The van der Waals surface area contributed by atoms with Gasteiger partial charge in [-0.05, 0) is 30.8 Å². The van der Waals surface area contributed by atoms with Crippen molar-refractivity contribution in [2.75, 3.05) is 26.8 Å². The molecule has 29 heavy (non-hydrogen) atoms. The number of piperazine rings is 1. The van der Waals surface area contributed by atoms with Crippen LogP contribution in [0.5, 0.6) is 5.75 Å². The van der Waals surface area contributed by atoms with Gasteiger partial charge in [-0.2, -0.15) is 0 Å². The normalized spacial score (nSPS) is 16.0. The van der Waals surface area contributed by atoms with Crippen LogP contribution in [-0.4, -0.2) is 60.6 Å². The van der Waals surface area contributed by atoms with Crippen molar-refractivity contribution >= 4 is 35.1 Å². The summed E-state index contributed by atoms with van der Waals surface area (Å²) in [5.74, 6) is -0.821. The first-order chi connectivity index (χ1) is 14.0. The van der Waals surface area contributed by atoms with E-state index in [1.807, 2.05) is 0 Å². The number of carbonyl (C=O) groups is 3. The lowest BCUT2D eigenvalue weighted by atomic mass is 10.1. The first-order valence-electron chi connectivity index (χ1n) is 9.66. The maximum atomic E-state index is 12.6. The monoisotopic (exact) mass is 421 g/mol. The minimum absolute atomic E-state index is 0.0829. The standard InChI is InChI=1S/C20H27N3O5S/c1-3-4-7-12-28-17(24)13-15-19(26)21-10-11-23(15)20(29)22-18(25)14-8-5-6-9-16(14)27-2/h5-6,8-9,15H,3-4,7,10-13H2,1-2H3,(H,21,26)(H,22,25,29). The molecule has 1 aliphatic heterocycles. The van der Waals surface area contributed by atoms with Gasteiger partial charge in [0.2, 0.25) is 5.91 Å². The summed E-state index contributed by atoms with van der Waals surface area (Å²) in [4.78, 5) is 38.6. The van der Waals surface area contributed by atoms with Crippen LogP contribution >= 0.6 is 12.2 Å². The van der Waals surface area contributed by atoms with E-state index in [9.17, 15) is 14.4 Å². The molecule has 8 nitrogen and oxygen atoms in total. The molecule has 0 radical (unpaired) electrons. The van der Waals surface area contributed by atoms with Crippen molar-refractivity contribution in [3.8, 4) is 5.75 Å². The molecular formula is C20H27N3O5S. The van der Waals surface area contributed by atoms with Gasteiger partial charge in [-0.3, -0.25) is 19.7 Å². The highest BCUT2D eigenvalue weighted by atomic mass is 32.1. The van der Waals surface area contributed by atoms with Crippen LogP contribution in [0.15, 0.2) is 24.3 Å². The fourth-order valence-electron chi connectivity index (χ4n) is 2.98. The highest BCUT2D eigenvalue weighted by Crippen LogP contribution is 2.17. The lowest BCUT2D eigenvalue weighted by molar-refractivity contribution is -0.147. The number of hydrogen-bond acceptors (Lipinski definition) is 6. The fraction of sp³-hybridized carbons (Fsp3) is 0.500. The minimum atomic E-state index is -0.826. The quantitative estimate of drug-likeness (QED) is 0.374. The number of para-hydroxylation sites is 1. The topological polar surface area (TPSA) is 97.0 Å². The van der Waals surface area contributed by atoms with E-state index in [1.165, 1.54) is 7.11 Å². The number of nitrogens with one attached hydrogen (secondary N) is 2. The molecule has 1 atom stereocenters. The second-order valence-electron chi connectivity index (χ2n) is 6.59. The van der Waals surface area contributed by atoms with Gasteiger partial charge >= 0.3 is 5.97 Å². The Morgan fingerprint density at radius 1 is 1.31 bits per heavy atom. The predicted octanol–water partition coefficient (Wildman–Crippen LogP) is 1.63. The third-order valence-corrected chi connectivity index (χ3v) is 4.87. The molecule has 158 valence electrons. The van der Waals surface area contributed by atoms with Crippen molar-refractivity contribution < 1.29 is 23.9 Å². The Balaban J connectivity index is 2.01. The van der Waals surface area contributed by atoms with Crippen molar-refractivity contribution in [3.63, 3.8) is 0 Å². The highest BCUT2D eigenvalue weighted by Gasteiger charge is 2.34. The van der Waals surface area contributed by atoms with Crippen LogP contribution in [0.1, 0.15) is 43.0 Å². The Morgan fingerprint density at radius 3 is 2.79 bits per heavy atom. The predicted molar refractivity (Wildman–Crippen MR) is 112 cm³/mol. The number of esters is 1. The van der Waals surface area contributed by atoms with E-state index in [2.05, 4.69) is 17.6 Å². The average Bonchev–Trinajstić information content (AvgIpc) is 2.72. The summed E-state index contributed by atoms with van der Waals surface area (Å²) in [6.45, 7) is 3.14. The van der Waals surface area contributed by atoms with Crippen molar-refractivity contribution in [3.05, 3.63) is 29.8 Å². The molecule has 2 N–H and O–H groups in total. The summed E-state index contributed by atoms with van der Waals surface area (Å²) in [7, 11) is 1.47. The van der Waals surface area contributed by atoms with E-state index < -0.39 is 17.9 Å².